The summed E-state index contributed by atoms with van der Waals surface area (Å²) in [7, 11) is 0. The standard InChI is InChI=1S/C13H18N4O2S/c1-8-13(14)9(2)17(16-8)6-12(19)15-5-11(18)10-3-4-20-7-10/h3-4,7,11,18H,5-6,14H2,1-2H3,(H,15,19). The summed E-state index contributed by atoms with van der Waals surface area (Å²) >= 11 is 1.51. The average molecular weight is 294 g/mol. The van der Waals surface area contributed by atoms with Gasteiger partial charge in [-0.25, -0.2) is 0 Å². The number of aromatic nitrogens is 2. The van der Waals surface area contributed by atoms with Crippen LogP contribution in [0.3, 0.4) is 0 Å². The Bertz CT molecular complexity index is 592. The minimum Gasteiger partial charge on any atom is -0.396 e. The Labute approximate surface area is 121 Å². The number of aliphatic hydroxyl groups is 1. The molecular formula is C13H18N4O2S. The zero-order valence-corrected chi connectivity index (χ0v) is 12.3. The van der Waals surface area contributed by atoms with Crippen LogP contribution in [-0.4, -0.2) is 27.3 Å². The highest BCUT2D eigenvalue weighted by atomic mass is 32.1. The van der Waals surface area contributed by atoms with Gasteiger partial charge in [0.1, 0.15) is 6.54 Å². The van der Waals surface area contributed by atoms with Crippen molar-refractivity contribution in [2.75, 3.05) is 12.3 Å². The van der Waals surface area contributed by atoms with E-state index in [0.717, 1.165) is 11.3 Å². The molecule has 0 radical (unpaired) electrons. The fourth-order valence-corrected chi connectivity index (χ4v) is 2.56. The lowest BCUT2D eigenvalue weighted by atomic mass is 10.2. The van der Waals surface area contributed by atoms with Gasteiger partial charge in [-0.05, 0) is 36.2 Å². The molecule has 0 aliphatic heterocycles. The molecule has 7 heteroatoms. The van der Waals surface area contributed by atoms with Crippen molar-refractivity contribution < 1.29 is 9.90 Å². The van der Waals surface area contributed by atoms with Crippen LogP contribution in [0.5, 0.6) is 0 Å². The van der Waals surface area contributed by atoms with E-state index in [1.54, 1.807) is 11.6 Å². The van der Waals surface area contributed by atoms with E-state index in [2.05, 4.69) is 10.4 Å². The van der Waals surface area contributed by atoms with Crippen molar-refractivity contribution in [1.29, 1.82) is 0 Å². The van der Waals surface area contributed by atoms with E-state index in [4.69, 9.17) is 5.73 Å². The first-order valence-electron chi connectivity index (χ1n) is 6.25. The Kier molecular flexibility index (Phi) is 4.41. The minimum absolute atomic E-state index is 0.0975. The number of amides is 1. The normalized spacial score (nSPS) is 12.3. The fourth-order valence-electron chi connectivity index (χ4n) is 1.85. The molecule has 0 aliphatic rings. The number of anilines is 1. The second kappa shape index (κ2) is 6.06. The highest BCUT2D eigenvalue weighted by molar-refractivity contribution is 7.07. The second-order valence-electron chi connectivity index (χ2n) is 4.62. The summed E-state index contributed by atoms with van der Waals surface area (Å²) in [5, 5.41) is 20.5. The van der Waals surface area contributed by atoms with E-state index in [0.29, 0.717) is 11.4 Å². The van der Waals surface area contributed by atoms with Gasteiger partial charge in [0.15, 0.2) is 0 Å². The highest BCUT2D eigenvalue weighted by Gasteiger charge is 2.13. The molecule has 2 rings (SSSR count). The summed E-state index contributed by atoms with van der Waals surface area (Å²) in [5.74, 6) is -0.204. The molecule has 108 valence electrons. The number of nitrogens with one attached hydrogen (secondary N) is 1. The number of aliphatic hydroxyl groups excluding tert-OH is 1. The molecule has 0 saturated carbocycles. The van der Waals surface area contributed by atoms with Gasteiger partial charge in [-0.1, -0.05) is 0 Å². The number of thiophene rings is 1. The summed E-state index contributed by atoms with van der Waals surface area (Å²) in [6.45, 7) is 3.91. The van der Waals surface area contributed by atoms with Crippen molar-refractivity contribution in [2.45, 2.75) is 26.5 Å². The van der Waals surface area contributed by atoms with Crippen LogP contribution >= 0.6 is 11.3 Å². The number of hydrogen-bond acceptors (Lipinski definition) is 5. The number of nitrogen functional groups attached to an aromatic ring is 1. The predicted octanol–water partition coefficient (Wildman–Crippen LogP) is 0.993. The van der Waals surface area contributed by atoms with E-state index in [-0.39, 0.29) is 19.0 Å². The number of hydrogen-bond donors (Lipinski definition) is 3. The Morgan fingerprint density at radius 1 is 1.60 bits per heavy atom. The molecule has 2 heterocycles. The smallest absolute Gasteiger partial charge is 0.241 e. The number of nitrogens with zero attached hydrogens (tertiary/aromatic N) is 2. The largest absolute Gasteiger partial charge is 0.396 e. The van der Waals surface area contributed by atoms with Crippen molar-refractivity contribution in [2.24, 2.45) is 0 Å². The van der Waals surface area contributed by atoms with E-state index in [9.17, 15) is 9.90 Å². The Morgan fingerprint density at radius 3 is 2.90 bits per heavy atom. The van der Waals surface area contributed by atoms with Crippen LogP contribution in [0.25, 0.3) is 0 Å². The topological polar surface area (TPSA) is 93.2 Å². The summed E-state index contributed by atoms with van der Waals surface area (Å²) < 4.78 is 1.57. The molecule has 0 bridgehead atoms. The molecule has 4 N–H and O–H groups in total. The van der Waals surface area contributed by atoms with Crippen LogP contribution in [0.4, 0.5) is 5.69 Å². The van der Waals surface area contributed by atoms with Crippen LogP contribution in [0.15, 0.2) is 16.8 Å². The number of carbonyl (C=O) groups is 1. The SMILES string of the molecule is Cc1nn(CC(=O)NCC(O)c2ccsc2)c(C)c1N. The number of rotatable bonds is 5. The van der Waals surface area contributed by atoms with Gasteiger partial charge in [0.25, 0.3) is 0 Å². The van der Waals surface area contributed by atoms with Gasteiger partial charge in [0.05, 0.1) is 23.2 Å². The van der Waals surface area contributed by atoms with Gasteiger partial charge in [-0.3, -0.25) is 9.48 Å². The lowest BCUT2D eigenvalue weighted by molar-refractivity contribution is -0.122. The third-order valence-corrected chi connectivity index (χ3v) is 3.85. The van der Waals surface area contributed by atoms with Crippen LogP contribution in [0.1, 0.15) is 23.1 Å². The van der Waals surface area contributed by atoms with Crippen molar-refractivity contribution in [3.63, 3.8) is 0 Å². The number of carbonyl (C=O) groups excluding carboxylic acids is 1. The maximum absolute atomic E-state index is 11.8. The third kappa shape index (κ3) is 3.17. The van der Waals surface area contributed by atoms with Gasteiger partial charge >= 0.3 is 0 Å². The number of nitrogens with two attached hydrogens (primary N) is 1. The van der Waals surface area contributed by atoms with Crippen LogP contribution in [0.2, 0.25) is 0 Å². The lowest BCUT2D eigenvalue weighted by Crippen LogP contribution is -2.31. The molecule has 2 aromatic heterocycles. The molecule has 1 unspecified atom stereocenters. The monoisotopic (exact) mass is 294 g/mol. The fraction of sp³-hybridized carbons (Fsp3) is 0.385. The van der Waals surface area contributed by atoms with E-state index >= 15 is 0 Å². The van der Waals surface area contributed by atoms with Crippen molar-refractivity contribution in [1.82, 2.24) is 15.1 Å². The molecule has 0 spiro atoms. The molecule has 1 amide bonds. The minimum atomic E-state index is -0.685. The molecule has 0 fully saturated rings. The van der Waals surface area contributed by atoms with Crippen molar-refractivity contribution in [3.05, 3.63) is 33.8 Å². The van der Waals surface area contributed by atoms with Gasteiger partial charge in [0.2, 0.25) is 5.91 Å². The molecule has 1 atom stereocenters. The van der Waals surface area contributed by atoms with Crippen LogP contribution in [0, 0.1) is 13.8 Å². The first kappa shape index (κ1) is 14.5. The van der Waals surface area contributed by atoms with E-state index in [1.807, 2.05) is 23.8 Å². The molecule has 2 aromatic rings. The average Bonchev–Trinajstić information content (AvgIpc) is 3.02. The first-order valence-corrected chi connectivity index (χ1v) is 7.19. The van der Waals surface area contributed by atoms with E-state index in [1.165, 1.54) is 11.3 Å². The van der Waals surface area contributed by atoms with Gasteiger partial charge < -0.3 is 16.2 Å². The summed E-state index contributed by atoms with van der Waals surface area (Å²) in [5.41, 5.74) is 8.72. The maximum Gasteiger partial charge on any atom is 0.241 e. The third-order valence-electron chi connectivity index (χ3n) is 3.15. The van der Waals surface area contributed by atoms with Gasteiger partial charge in [-0.15, -0.1) is 0 Å². The quantitative estimate of drug-likeness (QED) is 0.766. The Hall–Kier alpha value is -1.86. The van der Waals surface area contributed by atoms with Gasteiger partial charge in [0, 0.05) is 6.54 Å². The highest BCUT2D eigenvalue weighted by Crippen LogP contribution is 2.16. The molecule has 6 nitrogen and oxygen atoms in total. The van der Waals surface area contributed by atoms with Crippen molar-refractivity contribution >= 4 is 22.9 Å². The maximum atomic E-state index is 11.8. The lowest BCUT2D eigenvalue weighted by Gasteiger charge is -2.11. The molecule has 20 heavy (non-hydrogen) atoms. The van der Waals surface area contributed by atoms with Gasteiger partial charge in [-0.2, -0.15) is 16.4 Å². The second-order valence-corrected chi connectivity index (χ2v) is 5.40. The van der Waals surface area contributed by atoms with Crippen molar-refractivity contribution in [3.8, 4) is 0 Å². The van der Waals surface area contributed by atoms with E-state index < -0.39 is 6.10 Å². The zero-order valence-electron chi connectivity index (χ0n) is 11.5. The molecule has 0 aromatic carbocycles. The Morgan fingerprint density at radius 2 is 2.35 bits per heavy atom. The summed E-state index contributed by atoms with van der Waals surface area (Å²) in [6.07, 6.45) is -0.685. The molecular weight excluding hydrogens is 276 g/mol. The van der Waals surface area contributed by atoms with Crippen LogP contribution < -0.4 is 11.1 Å². The van der Waals surface area contributed by atoms with Crippen LogP contribution in [-0.2, 0) is 11.3 Å². The molecule has 0 saturated heterocycles. The molecule has 0 aliphatic carbocycles. The Balaban J connectivity index is 1.88. The number of aryl methyl sites for hydroxylation is 1. The zero-order chi connectivity index (χ0) is 14.7. The summed E-state index contributed by atoms with van der Waals surface area (Å²) in [4.78, 5) is 11.8. The first-order chi connectivity index (χ1) is 9.49. The predicted molar refractivity (Wildman–Crippen MR) is 78.4 cm³/mol. The summed E-state index contributed by atoms with van der Waals surface area (Å²) in [6, 6.07) is 1.84.